The van der Waals surface area contributed by atoms with Crippen molar-refractivity contribution in [2.45, 2.75) is 13.8 Å². The minimum Gasteiger partial charge on any atom is -0.366 e. The topological polar surface area (TPSA) is 84.2 Å². The van der Waals surface area contributed by atoms with Gasteiger partial charge in [0.2, 0.25) is 5.91 Å². The molecule has 5 heteroatoms. The van der Waals surface area contributed by atoms with Crippen LogP contribution in [0.15, 0.2) is 42.5 Å². The first-order chi connectivity index (χ1) is 9.95. The monoisotopic (exact) mass is 283 g/mol. The first-order valence-electron chi connectivity index (χ1n) is 6.51. The van der Waals surface area contributed by atoms with E-state index in [1.54, 1.807) is 24.3 Å². The van der Waals surface area contributed by atoms with Crippen molar-refractivity contribution in [1.82, 2.24) is 0 Å². The van der Waals surface area contributed by atoms with Gasteiger partial charge in [-0.1, -0.05) is 17.7 Å². The summed E-state index contributed by atoms with van der Waals surface area (Å²) in [7, 11) is 0. The summed E-state index contributed by atoms with van der Waals surface area (Å²) in [5.74, 6) is -0.499. The molecular formula is C16H17N3O2. The first kappa shape index (κ1) is 14.6. The van der Waals surface area contributed by atoms with E-state index >= 15 is 0 Å². The van der Waals surface area contributed by atoms with Crippen LogP contribution < -0.4 is 16.4 Å². The van der Waals surface area contributed by atoms with Crippen molar-refractivity contribution < 1.29 is 9.59 Å². The van der Waals surface area contributed by atoms with Crippen LogP contribution in [0.3, 0.4) is 0 Å². The van der Waals surface area contributed by atoms with Gasteiger partial charge in [0.05, 0.1) is 0 Å². The Morgan fingerprint density at radius 1 is 0.952 bits per heavy atom. The maximum absolute atomic E-state index is 11.9. The highest BCUT2D eigenvalue weighted by atomic mass is 16.2. The Hall–Kier alpha value is -2.82. The summed E-state index contributed by atoms with van der Waals surface area (Å²) < 4.78 is 0. The van der Waals surface area contributed by atoms with E-state index in [2.05, 4.69) is 10.6 Å². The zero-order chi connectivity index (χ0) is 15.4. The molecule has 5 nitrogen and oxygen atoms in total. The molecule has 2 rings (SSSR count). The molecule has 0 aliphatic heterocycles. The average Bonchev–Trinajstić information content (AvgIpc) is 2.42. The second-order valence-electron chi connectivity index (χ2n) is 4.84. The van der Waals surface area contributed by atoms with Gasteiger partial charge in [-0.25, -0.2) is 4.79 Å². The summed E-state index contributed by atoms with van der Waals surface area (Å²) in [5, 5.41) is 5.48. The lowest BCUT2D eigenvalue weighted by atomic mass is 10.1. The number of nitrogens with one attached hydrogen (secondary N) is 2. The van der Waals surface area contributed by atoms with Gasteiger partial charge in [-0.3, -0.25) is 4.79 Å². The van der Waals surface area contributed by atoms with Crippen molar-refractivity contribution in [3.63, 3.8) is 0 Å². The number of rotatable bonds is 3. The van der Waals surface area contributed by atoms with Gasteiger partial charge >= 0.3 is 6.03 Å². The fourth-order valence-electron chi connectivity index (χ4n) is 1.96. The number of urea groups is 1. The third kappa shape index (κ3) is 3.82. The van der Waals surface area contributed by atoms with Gasteiger partial charge in [0.1, 0.15) is 0 Å². The number of aryl methyl sites for hydroxylation is 2. The van der Waals surface area contributed by atoms with Gasteiger partial charge < -0.3 is 16.4 Å². The van der Waals surface area contributed by atoms with Gasteiger partial charge in [-0.2, -0.15) is 0 Å². The molecule has 0 spiro atoms. The molecule has 0 heterocycles. The Morgan fingerprint density at radius 3 is 2.19 bits per heavy atom. The molecule has 108 valence electrons. The van der Waals surface area contributed by atoms with Gasteiger partial charge in [0.15, 0.2) is 0 Å². The fraction of sp³-hybridized carbons (Fsp3) is 0.125. The predicted octanol–water partition coefficient (Wildman–Crippen LogP) is 3.05. The minimum absolute atomic E-state index is 0.339. The zero-order valence-corrected chi connectivity index (χ0v) is 11.9. The molecule has 0 aliphatic carbocycles. The number of primary amides is 1. The lowest BCUT2D eigenvalue weighted by molar-refractivity contribution is 0.100. The number of hydrogen-bond acceptors (Lipinski definition) is 2. The van der Waals surface area contributed by atoms with Crippen LogP contribution in [-0.2, 0) is 0 Å². The summed E-state index contributed by atoms with van der Waals surface area (Å²) >= 11 is 0. The number of anilines is 2. The standard InChI is InChI=1S/C16H17N3O2/c1-10-3-8-14(11(2)9-10)19-16(21)18-13-6-4-12(5-7-13)15(17)20/h3-9H,1-2H3,(H2,17,20)(H2,18,19,21). The van der Waals surface area contributed by atoms with Crippen LogP contribution in [0.5, 0.6) is 0 Å². The van der Waals surface area contributed by atoms with Gasteiger partial charge in [0.25, 0.3) is 0 Å². The number of nitrogens with two attached hydrogens (primary N) is 1. The van der Waals surface area contributed by atoms with Crippen LogP contribution >= 0.6 is 0 Å². The molecule has 4 N–H and O–H groups in total. The fourth-order valence-corrected chi connectivity index (χ4v) is 1.96. The Balaban J connectivity index is 2.02. The number of carbonyl (C=O) groups excluding carboxylic acids is 2. The van der Waals surface area contributed by atoms with Crippen molar-refractivity contribution >= 4 is 23.3 Å². The van der Waals surface area contributed by atoms with Gasteiger partial charge in [-0.05, 0) is 49.7 Å². The van der Waals surface area contributed by atoms with E-state index in [0.717, 1.165) is 16.8 Å². The maximum atomic E-state index is 11.9. The molecule has 0 aromatic heterocycles. The molecule has 2 aromatic carbocycles. The second kappa shape index (κ2) is 6.09. The van der Waals surface area contributed by atoms with Crippen LogP contribution in [0.2, 0.25) is 0 Å². The van der Waals surface area contributed by atoms with Crippen LogP contribution in [-0.4, -0.2) is 11.9 Å². The molecule has 0 atom stereocenters. The van der Waals surface area contributed by atoms with Crippen molar-refractivity contribution in [3.05, 3.63) is 59.2 Å². The van der Waals surface area contributed by atoms with Crippen LogP contribution in [0.25, 0.3) is 0 Å². The third-order valence-corrected chi connectivity index (χ3v) is 3.06. The molecule has 21 heavy (non-hydrogen) atoms. The lowest BCUT2D eigenvalue weighted by Gasteiger charge is -2.10. The van der Waals surface area contributed by atoms with E-state index in [-0.39, 0.29) is 6.03 Å². The largest absolute Gasteiger partial charge is 0.366 e. The van der Waals surface area contributed by atoms with Crippen molar-refractivity contribution in [3.8, 4) is 0 Å². The molecule has 0 radical (unpaired) electrons. The first-order valence-corrected chi connectivity index (χ1v) is 6.51. The predicted molar refractivity (Wildman–Crippen MR) is 83.5 cm³/mol. The number of carbonyl (C=O) groups is 2. The Bertz CT molecular complexity index is 678. The van der Waals surface area contributed by atoms with Crippen molar-refractivity contribution in [2.24, 2.45) is 5.73 Å². The van der Waals surface area contributed by atoms with Crippen molar-refractivity contribution in [2.75, 3.05) is 10.6 Å². The van der Waals surface area contributed by atoms with Gasteiger partial charge in [0, 0.05) is 16.9 Å². The summed E-state index contributed by atoms with van der Waals surface area (Å²) in [5.41, 5.74) is 9.03. The normalized spacial score (nSPS) is 10.0. The van der Waals surface area contributed by atoms with Crippen LogP contribution in [0, 0.1) is 13.8 Å². The third-order valence-electron chi connectivity index (χ3n) is 3.06. The summed E-state index contributed by atoms with van der Waals surface area (Å²) in [6.45, 7) is 3.93. The molecular weight excluding hydrogens is 266 g/mol. The molecule has 0 bridgehead atoms. The molecule has 0 saturated carbocycles. The quantitative estimate of drug-likeness (QED) is 0.808. The summed E-state index contributed by atoms with van der Waals surface area (Å²) in [6, 6.07) is 11.8. The van der Waals surface area contributed by atoms with Gasteiger partial charge in [-0.15, -0.1) is 0 Å². The molecule has 0 unspecified atom stereocenters. The second-order valence-corrected chi connectivity index (χ2v) is 4.84. The SMILES string of the molecule is Cc1ccc(NC(=O)Nc2ccc(C(N)=O)cc2)c(C)c1. The maximum Gasteiger partial charge on any atom is 0.323 e. The van der Waals surface area contributed by atoms with E-state index in [1.807, 2.05) is 32.0 Å². The Kier molecular flexibility index (Phi) is 4.23. The van der Waals surface area contributed by atoms with E-state index in [9.17, 15) is 9.59 Å². The lowest BCUT2D eigenvalue weighted by Crippen LogP contribution is -2.20. The summed E-state index contributed by atoms with van der Waals surface area (Å²) in [4.78, 5) is 22.9. The van der Waals surface area contributed by atoms with Crippen LogP contribution in [0.1, 0.15) is 21.5 Å². The molecule has 0 fully saturated rings. The van der Waals surface area contributed by atoms with E-state index in [0.29, 0.717) is 11.3 Å². The van der Waals surface area contributed by atoms with Crippen LogP contribution in [0.4, 0.5) is 16.2 Å². The van der Waals surface area contributed by atoms with E-state index in [1.165, 1.54) is 0 Å². The van der Waals surface area contributed by atoms with Crippen molar-refractivity contribution in [1.29, 1.82) is 0 Å². The Labute approximate surface area is 123 Å². The highest BCUT2D eigenvalue weighted by Gasteiger charge is 2.06. The van der Waals surface area contributed by atoms with E-state index in [4.69, 9.17) is 5.73 Å². The highest BCUT2D eigenvalue weighted by molar-refractivity contribution is 6.00. The number of amides is 3. The molecule has 2 aromatic rings. The minimum atomic E-state index is -0.499. The highest BCUT2D eigenvalue weighted by Crippen LogP contribution is 2.16. The number of benzene rings is 2. The smallest absolute Gasteiger partial charge is 0.323 e. The van der Waals surface area contributed by atoms with E-state index < -0.39 is 5.91 Å². The molecule has 0 aliphatic rings. The molecule has 0 saturated heterocycles. The number of hydrogen-bond donors (Lipinski definition) is 3. The zero-order valence-electron chi connectivity index (χ0n) is 11.9. The summed E-state index contributed by atoms with van der Waals surface area (Å²) in [6.07, 6.45) is 0. The average molecular weight is 283 g/mol. The Morgan fingerprint density at radius 2 is 1.62 bits per heavy atom. The molecule has 3 amide bonds.